The van der Waals surface area contributed by atoms with Crippen molar-refractivity contribution in [3.05, 3.63) is 23.8 Å². The number of rotatable bonds is 1. The Bertz CT molecular complexity index is 628. The summed E-state index contributed by atoms with van der Waals surface area (Å²) in [6.07, 6.45) is 12.8. The Morgan fingerprint density at radius 1 is 1.13 bits per heavy atom. The summed E-state index contributed by atoms with van der Waals surface area (Å²) in [5.41, 5.74) is 1.65. The minimum atomic E-state index is 0.0759. The Hall–Kier alpha value is -1.18. The Labute approximate surface area is 139 Å². The Kier molecular flexibility index (Phi) is 3.28. The molecule has 0 aromatic carbocycles. The summed E-state index contributed by atoms with van der Waals surface area (Å²) in [6, 6.07) is 0. The van der Waals surface area contributed by atoms with Gasteiger partial charge in [-0.25, -0.2) is 0 Å². The SMILES string of the molecule is CC(=O)[C@H]1CC[C@H]2[C@@H]3CCC4=CC(=O)C=C[C@]4(C)[C@H]3CC[C@]12C. The second-order valence-electron chi connectivity index (χ2n) is 8.89. The summed E-state index contributed by atoms with van der Waals surface area (Å²) in [7, 11) is 0. The molecule has 0 heterocycles. The van der Waals surface area contributed by atoms with Crippen LogP contribution in [0.25, 0.3) is 0 Å². The second-order valence-corrected chi connectivity index (χ2v) is 8.89. The third-order valence-corrected chi connectivity index (χ3v) is 8.05. The lowest BCUT2D eigenvalue weighted by Crippen LogP contribution is -2.50. The van der Waals surface area contributed by atoms with Gasteiger partial charge in [-0.15, -0.1) is 0 Å². The predicted octanol–water partition coefficient (Wildman–Crippen LogP) is 4.50. The van der Waals surface area contributed by atoms with Crippen LogP contribution >= 0.6 is 0 Å². The fraction of sp³-hybridized carbons (Fsp3) is 0.714. The van der Waals surface area contributed by atoms with E-state index >= 15 is 0 Å². The van der Waals surface area contributed by atoms with Crippen molar-refractivity contribution in [3.63, 3.8) is 0 Å². The molecule has 0 aliphatic heterocycles. The highest BCUT2D eigenvalue weighted by Gasteiger charge is 2.59. The van der Waals surface area contributed by atoms with Crippen molar-refractivity contribution in [2.45, 2.75) is 59.3 Å². The number of fused-ring (bicyclic) bond motifs is 5. The maximum absolute atomic E-state index is 12.1. The van der Waals surface area contributed by atoms with Gasteiger partial charge < -0.3 is 0 Å². The van der Waals surface area contributed by atoms with E-state index < -0.39 is 0 Å². The van der Waals surface area contributed by atoms with Crippen LogP contribution in [-0.2, 0) is 9.59 Å². The summed E-state index contributed by atoms with van der Waals surface area (Å²) in [5.74, 6) is 2.91. The molecule has 2 heteroatoms. The first-order valence-corrected chi connectivity index (χ1v) is 9.31. The molecule has 0 aromatic heterocycles. The Morgan fingerprint density at radius 2 is 1.91 bits per heavy atom. The van der Waals surface area contributed by atoms with Crippen LogP contribution in [0, 0.1) is 34.5 Å². The number of hydrogen-bond acceptors (Lipinski definition) is 2. The zero-order chi connectivity index (χ0) is 16.4. The van der Waals surface area contributed by atoms with Crippen molar-refractivity contribution >= 4 is 11.6 Å². The normalized spacial score (nSPS) is 48.3. The summed E-state index contributed by atoms with van der Waals surface area (Å²) in [6.45, 7) is 6.53. The van der Waals surface area contributed by atoms with Crippen LogP contribution in [0.1, 0.15) is 59.3 Å². The monoisotopic (exact) mass is 312 g/mol. The standard InChI is InChI=1S/C21H28O2/c1-13(22)17-6-7-18-16-5-4-14-12-15(23)8-10-20(14,2)19(16)9-11-21(17,18)3/h8,10,12,16-19H,4-7,9,11H2,1-3H3/t16-,17+,18-,19-,20-,21+/m0/s1. The lowest BCUT2D eigenvalue weighted by Gasteiger charge is -2.56. The van der Waals surface area contributed by atoms with E-state index in [2.05, 4.69) is 19.9 Å². The fourth-order valence-electron chi connectivity index (χ4n) is 6.87. The first kappa shape index (κ1) is 15.4. The van der Waals surface area contributed by atoms with E-state index in [0.29, 0.717) is 17.6 Å². The molecule has 0 amide bonds. The number of carbonyl (C=O) groups excluding carboxylic acids is 2. The van der Waals surface area contributed by atoms with Crippen molar-refractivity contribution < 1.29 is 9.59 Å². The fourth-order valence-corrected chi connectivity index (χ4v) is 6.87. The van der Waals surface area contributed by atoms with Crippen LogP contribution in [0.4, 0.5) is 0 Å². The number of Topliss-reactive ketones (excluding diaryl/α,β-unsaturated/α-hetero) is 1. The highest BCUT2D eigenvalue weighted by Crippen LogP contribution is 2.65. The summed E-state index contributed by atoms with van der Waals surface area (Å²) >= 11 is 0. The van der Waals surface area contributed by atoms with Gasteiger partial charge in [0.15, 0.2) is 5.78 Å². The van der Waals surface area contributed by atoms with Crippen molar-refractivity contribution in [3.8, 4) is 0 Å². The first-order chi connectivity index (χ1) is 10.9. The molecular formula is C21H28O2. The minimum Gasteiger partial charge on any atom is -0.300 e. The van der Waals surface area contributed by atoms with Gasteiger partial charge in [0.25, 0.3) is 0 Å². The number of hydrogen-bond donors (Lipinski definition) is 0. The van der Waals surface area contributed by atoms with Crippen LogP contribution < -0.4 is 0 Å². The third-order valence-electron chi connectivity index (χ3n) is 8.05. The average molecular weight is 312 g/mol. The van der Waals surface area contributed by atoms with Gasteiger partial charge in [-0.05, 0) is 80.8 Å². The highest BCUT2D eigenvalue weighted by molar-refractivity contribution is 6.01. The molecule has 4 aliphatic carbocycles. The van der Waals surface area contributed by atoms with Crippen LogP contribution in [0.3, 0.4) is 0 Å². The van der Waals surface area contributed by atoms with Crippen LogP contribution in [0.15, 0.2) is 23.8 Å². The van der Waals surface area contributed by atoms with Crippen molar-refractivity contribution in [1.82, 2.24) is 0 Å². The molecular weight excluding hydrogens is 284 g/mol. The van der Waals surface area contributed by atoms with E-state index in [9.17, 15) is 9.59 Å². The highest BCUT2D eigenvalue weighted by atomic mass is 16.1. The molecule has 4 aliphatic rings. The van der Waals surface area contributed by atoms with Gasteiger partial charge in [0.05, 0.1) is 0 Å². The van der Waals surface area contributed by atoms with E-state index in [1.165, 1.54) is 31.3 Å². The van der Waals surface area contributed by atoms with Gasteiger partial charge in [-0.2, -0.15) is 0 Å². The van der Waals surface area contributed by atoms with E-state index in [1.54, 1.807) is 13.0 Å². The molecule has 3 fully saturated rings. The third kappa shape index (κ3) is 1.99. The van der Waals surface area contributed by atoms with Gasteiger partial charge in [-0.3, -0.25) is 9.59 Å². The van der Waals surface area contributed by atoms with Crippen LogP contribution in [-0.4, -0.2) is 11.6 Å². The minimum absolute atomic E-state index is 0.0759. The molecule has 0 bridgehead atoms. The van der Waals surface area contributed by atoms with Gasteiger partial charge in [0.1, 0.15) is 5.78 Å². The predicted molar refractivity (Wildman–Crippen MR) is 90.8 cm³/mol. The van der Waals surface area contributed by atoms with E-state index in [4.69, 9.17) is 0 Å². The maximum Gasteiger partial charge on any atom is 0.178 e. The van der Waals surface area contributed by atoms with Crippen molar-refractivity contribution in [1.29, 1.82) is 0 Å². The lowest BCUT2D eigenvalue weighted by atomic mass is 9.47. The average Bonchev–Trinajstić information content (AvgIpc) is 2.85. The molecule has 0 spiro atoms. The molecule has 23 heavy (non-hydrogen) atoms. The van der Waals surface area contributed by atoms with E-state index in [-0.39, 0.29) is 22.5 Å². The first-order valence-electron chi connectivity index (χ1n) is 9.31. The van der Waals surface area contributed by atoms with Crippen molar-refractivity contribution in [2.75, 3.05) is 0 Å². The molecule has 3 saturated carbocycles. The summed E-state index contributed by atoms with van der Waals surface area (Å²) in [4.78, 5) is 23.9. The molecule has 6 atom stereocenters. The molecule has 0 N–H and O–H groups in total. The molecule has 0 radical (unpaired) electrons. The zero-order valence-electron chi connectivity index (χ0n) is 14.6. The van der Waals surface area contributed by atoms with E-state index in [1.807, 2.05) is 6.08 Å². The van der Waals surface area contributed by atoms with Gasteiger partial charge in [-0.1, -0.05) is 25.5 Å². The smallest absolute Gasteiger partial charge is 0.178 e. The maximum atomic E-state index is 12.1. The molecule has 124 valence electrons. The molecule has 2 nitrogen and oxygen atoms in total. The Balaban J connectivity index is 1.68. The molecule has 0 unspecified atom stereocenters. The summed E-state index contributed by atoms with van der Waals surface area (Å²) < 4.78 is 0. The van der Waals surface area contributed by atoms with Gasteiger partial charge in [0, 0.05) is 11.3 Å². The number of allylic oxidation sites excluding steroid dienone is 4. The molecule has 0 aromatic rings. The van der Waals surface area contributed by atoms with Gasteiger partial charge in [0.2, 0.25) is 0 Å². The zero-order valence-corrected chi connectivity index (χ0v) is 14.6. The largest absolute Gasteiger partial charge is 0.300 e. The lowest BCUT2D eigenvalue weighted by molar-refractivity contribution is -0.127. The van der Waals surface area contributed by atoms with E-state index in [0.717, 1.165) is 18.8 Å². The van der Waals surface area contributed by atoms with Crippen LogP contribution in [0.5, 0.6) is 0 Å². The summed E-state index contributed by atoms with van der Waals surface area (Å²) in [5, 5.41) is 0. The quantitative estimate of drug-likeness (QED) is 0.714. The topological polar surface area (TPSA) is 34.1 Å². The molecule has 0 saturated heterocycles. The van der Waals surface area contributed by atoms with Crippen molar-refractivity contribution in [2.24, 2.45) is 34.5 Å². The number of carbonyl (C=O) groups is 2. The second kappa shape index (κ2) is 4.91. The van der Waals surface area contributed by atoms with Gasteiger partial charge >= 0.3 is 0 Å². The Morgan fingerprint density at radius 3 is 2.65 bits per heavy atom. The number of ketones is 2. The molecule has 4 rings (SSSR count). The van der Waals surface area contributed by atoms with Crippen LogP contribution in [0.2, 0.25) is 0 Å².